The summed E-state index contributed by atoms with van der Waals surface area (Å²) in [7, 11) is 0. The van der Waals surface area contributed by atoms with Crippen molar-refractivity contribution in [1.82, 2.24) is 4.90 Å². The van der Waals surface area contributed by atoms with E-state index in [4.69, 9.17) is 5.11 Å². The standard InChI is InChI=1S/C11H21NO2S/c1-3-6-12(7-8-13)10(14)11(2)5-4-9-15-11/h13H,3-9H2,1-2H3. The largest absolute Gasteiger partial charge is 0.395 e. The maximum atomic E-state index is 12.2. The van der Waals surface area contributed by atoms with Gasteiger partial charge in [-0.25, -0.2) is 0 Å². The molecule has 0 saturated carbocycles. The lowest BCUT2D eigenvalue weighted by atomic mass is 10.0. The second-order valence-corrected chi connectivity index (χ2v) is 5.80. The van der Waals surface area contributed by atoms with Crippen molar-refractivity contribution in [3.8, 4) is 0 Å². The number of aliphatic hydroxyl groups excluding tert-OH is 1. The van der Waals surface area contributed by atoms with Crippen LogP contribution in [-0.2, 0) is 4.79 Å². The van der Waals surface area contributed by atoms with E-state index < -0.39 is 0 Å². The molecule has 0 aromatic heterocycles. The molecule has 1 atom stereocenters. The van der Waals surface area contributed by atoms with E-state index >= 15 is 0 Å². The number of nitrogens with zero attached hydrogens (tertiary/aromatic N) is 1. The summed E-state index contributed by atoms with van der Waals surface area (Å²) in [5.74, 6) is 1.29. The van der Waals surface area contributed by atoms with Gasteiger partial charge in [0.05, 0.1) is 11.4 Å². The van der Waals surface area contributed by atoms with Crippen molar-refractivity contribution >= 4 is 17.7 Å². The van der Waals surface area contributed by atoms with Gasteiger partial charge in [0, 0.05) is 13.1 Å². The highest BCUT2D eigenvalue weighted by Gasteiger charge is 2.39. The van der Waals surface area contributed by atoms with Crippen LogP contribution >= 0.6 is 11.8 Å². The molecule has 0 radical (unpaired) electrons. The van der Waals surface area contributed by atoms with Crippen molar-refractivity contribution in [2.24, 2.45) is 0 Å². The minimum atomic E-state index is -0.232. The van der Waals surface area contributed by atoms with Crippen LogP contribution in [0.1, 0.15) is 33.1 Å². The number of thioether (sulfide) groups is 1. The summed E-state index contributed by atoms with van der Waals surface area (Å²) in [5, 5.41) is 8.94. The molecular weight excluding hydrogens is 210 g/mol. The highest BCUT2D eigenvalue weighted by molar-refractivity contribution is 8.01. The predicted molar refractivity (Wildman–Crippen MR) is 64.1 cm³/mol. The number of hydrogen-bond acceptors (Lipinski definition) is 3. The van der Waals surface area contributed by atoms with Gasteiger partial charge in [0.2, 0.25) is 5.91 Å². The van der Waals surface area contributed by atoms with E-state index in [-0.39, 0.29) is 17.3 Å². The molecule has 1 aliphatic rings. The summed E-state index contributed by atoms with van der Waals surface area (Å²) in [6.07, 6.45) is 3.06. The van der Waals surface area contributed by atoms with Gasteiger partial charge in [-0.3, -0.25) is 4.79 Å². The quantitative estimate of drug-likeness (QED) is 0.779. The maximum absolute atomic E-state index is 12.2. The van der Waals surface area contributed by atoms with Crippen LogP contribution in [0.25, 0.3) is 0 Å². The second kappa shape index (κ2) is 5.75. The monoisotopic (exact) mass is 231 g/mol. The minimum absolute atomic E-state index is 0.0620. The average molecular weight is 231 g/mol. The van der Waals surface area contributed by atoms with E-state index in [9.17, 15) is 4.79 Å². The molecule has 4 heteroatoms. The van der Waals surface area contributed by atoms with Crippen LogP contribution in [0.5, 0.6) is 0 Å². The van der Waals surface area contributed by atoms with Gasteiger partial charge in [-0.15, -0.1) is 11.8 Å². The lowest BCUT2D eigenvalue weighted by molar-refractivity contribution is -0.134. The Kier molecular flexibility index (Phi) is 4.93. The van der Waals surface area contributed by atoms with Crippen molar-refractivity contribution in [1.29, 1.82) is 0 Å². The highest BCUT2D eigenvalue weighted by atomic mass is 32.2. The van der Waals surface area contributed by atoms with Gasteiger partial charge in [-0.1, -0.05) is 6.92 Å². The average Bonchev–Trinajstić information content (AvgIpc) is 2.65. The van der Waals surface area contributed by atoms with E-state index in [1.165, 1.54) is 0 Å². The predicted octanol–water partition coefficient (Wildman–Crippen LogP) is 1.50. The van der Waals surface area contributed by atoms with Gasteiger partial charge in [0.25, 0.3) is 0 Å². The van der Waals surface area contributed by atoms with Crippen LogP contribution in [0.4, 0.5) is 0 Å². The zero-order chi connectivity index (χ0) is 11.3. The maximum Gasteiger partial charge on any atom is 0.238 e. The zero-order valence-corrected chi connectivity index (χ0v) is 10.5. The Hall–Kier alpha value is -0.220. The Labute approximate surface area is 96.2 Å². The molecular formula is C11H21NO2S. The third-order valence-electron chi connectivity index (χ3n) is 2.82. The van der Waals surface area contributed by atoms with Gasteiger partial charge >= 0.3 is 0 Å². The van der Waals surface area contributed by atoms with Crippen LogP contribution in [0, 0.1) is 0 Å². The van der Waals surface area contributed by atoms with E-state index in [0.29, 0.717) is 6.54 Å². The molecule has 1 unspecified atom stereocenters. The van der Waals surface area contributed by atoms with Crippen molar-refractivity contribution < 1.29 is 9.90 Å². The zero-order valence-electron chi connectivity index (χ0n) is 9.66. The van der Waals surface area contributed by atoms with Gasteiger partial charge in [-0.2, -0.15) is 0 Å². The van der Waals surface area contributed by atoms with Crippen molar-refractivity contribution in [3.63, 3.8) is 0 Å². The van der Waals surface area contributed by atoms with Crippen LogP contribution in [0.3, 0.4) is 0 Å². The molecule has 1 N–H and O–H groups in total. The number of carbonyl (C=O) groups is 1. The Morgan fingerprint density at radius 2 is 2.27 bits per heavy atom. The number of aliphatic hydroxyl groups is 1. The fourth-order valence-corrected chi connectivity index (χ4v) is 3.27. The fourth-order valence-electron chi connectivity index (χ4n) is 1.99. The number of carbonyl (C=O) groups excluding carboxylic acids is 1. The molecule has 0 aromatic carbocycles. The Balaban J connectivity index is 2.61. The smallest absolute Gasteiger partial charge is 0.238 e. The van der Waals surface area contributed by atoms with Crippen molar-refractivity contribution in [2.45, 2.75) is 37.9 Å². The molecule has 1 fully saturated rings. The molecule has 1 amide bonds. The summed E-state index contributed by atoms with van der Waals surface area (Å²) in [5.41, 5.74) is 0. The van der Waals surface area contributed by atoms with Gasteiger partial charge < -0.3 is 10.0 Å². The van der Waals surface area contributed by atoms with Crippen LogP contribution in [0.15, 0.2) is 0 Å². The third kappa shape index (κ3) is 3.11. The molecule has 1 heterocycles. The van der Waals surface area contributed by atoms with E-state index in [1.807, 2.05) is 6.92 Å². The summed E-state index contributed by atoms with van der Waals surface area (Å²) in [6, 6.07) is 0. The summed E-state index contributed by atoms with van der Waals surface area (Å²) < 4.78 is -0.232. The molecule has 15 heavy (non-hydrogen) atoms. The van der Waals surface area contributed by atoms with Crippen molar-refractivity contribution in [2.75, 3.05) is 25.4 Å². The summed E-state index contributed by atoms with van der Waals surface area (Å²) in [4.78, 5) is 14.0. The lowest BCUT2D eigenvalue weighted by Gasteiger charge is -2.30. The van der Waals surface area contributed by atoms with E-state index in [0.717, 1.165) is 31.6 Å². The molecule has 88 valence electrons. The summed E-state index contributed by atoms with van der Waals surface area (Å²) in [6.45, 7) is 5.39. The van der Waals surface area contributed by atoms with Crippen LogP contribution in [-0.4, -0.2) is 46.1 Å². The van der Waals surface area contributed by atoms with Crippen LogP contribution < -0.4 is 0 Å². The highest BCUT2D eigenvalue weighted by Crippen LogP contribution is 2.39. The molecule has 1 rings (SSSR count). The third-order valence-corrected chi connectivity index (χ3v) is 4.33. The number of hydrogen-bond donors (Lipinski definition) is 1. The molecule has 1 aliphatic heterocycles. The minimum Gasteiger partial charge on any atom is -0.395 e. The van der Waals surface area contributed by atoms with Gasteiger partial charge in [0.15, 0.2) is 0 Å². The first-order valence-corrected chi connectivity index (χ1v) is 6.67. The number of amides is 1. The van der Waals surface area contributed by atoms with Crippen LogP contribution in [0.2, 0.25) is 0 Å². The topological polar surface area (TPSA) is 40.5 Å². The van der Waals surface area contributed by atoms with E-state index in [1.54, 1.807) is 16.7 Å². The molecule has 0 aromatic rings. The van der Waals surface area contributed by atoms with Gasteiger partial charge in [0.1, 0.15) is 0 Å². The molecule has 0 bridgehead atoms. The fraction of sp³-hybridized carbons (Fsp3) is 0.909. The molecule has 0 spiro atoms. The molecule has 1 saturated heterocycles. The van der Waals surface area contributed by atoms with Crippen molar-refractivity contribution in [3.05, 3.63) is 0 Å². The van der Waals surface area contributed by atoms with E-state index in [2.05, 4.69) is 6.92 Å². The Bertz CT molecular complexity index is 209. The first-order chi connectivity index (χ1) is 7.14. The Morgan fingerprint density at radius 1 is 1.53 bits per heavy atom. The number of rotatable bonds is 5. The second-order valence-electron chi connectivity index (χ2n) is 4.20. The normalized spacial score (nSPS) is 25.5. The molecule has 0 aliphatic carbocycles. The Morgan fingerprint density at radius 3 is 2.73 bits per heavy atom. The summed E-state index contributed by atoms with van der Waals surface area (Å²) >= 11 is 1.76. The van der Waals surface area contributed by atoms with Gasteiger partial charge in [-0.05, 0) is 31.9 Å². The SMILES string of the molecule is CCCN(CCO)C(=O)C1(C)CCCS1. The first kappa shape index (κ1) is 12.8. The lowest BCUT2D eigenvalue weighted by Crippen LogP contribution is -2.45. The molecule has 3 nitrogen and oxygen atoms in total. The first-order valence-electron chi connectivity index (χ1n) is 5.68.